The maximum atomic E-state index is 17.5. The number of fused-ring (bicyclic) bond motifs is 6. The molecule has 4 aliphatic rings. The van der Waals surface area contributed by atoms with Crippen LogP contribution >= 0.6 is 0 Å². The van der Waals surface area contributed by atoms with Gasteiger partial charge in [0.15, 0.2) is 18.1 Å². The van der Waals surface area contributed by atoms with Crippen molar-refractivity contribution in [2.24, 2.45) is 34.3 Å². The first-order chi connectivity index (χ1) is 30.0. The molecule has 12 nitrogen and oxygen atoms in total. The SMILES string of the molecule is C[C@@H]1C[C@H]2[C@@H]3CCC4=CC(=O)C=C[C@]4(C)[C@@]3(F)[C@@H](O)C[C@]2(C)[C@@]1(O)C(=O)COC(=O)c1ccc(C(=O)OCc2ccc(C(CCN)C(=O)Nc3ccc4cnccc4c3)cc2)cc1. The summed E-state index contributed by atoms with van der Waals surface area (Å²) < 4.78 is 28.5. The Labute approximate surface area is 364 Å². The number of hydrogen-bond donors (Lipinski definition) is 4. The summed E-state index contributed by atoms with van der Waals surface area (Å²) in [5.74, 6) is -4.91. The third-order valence-electron chi connectivity index (χ3n) is 14.8. The van der Waals surface area contributed by atoms with Crippen molar-refractivity contribution in [3.63, 3.8) is 0 Å². The van der Waals surface area contributed by atoms with Gasteiger partial charge >= 0.3 is 11.9 Å². The monoisotopic (exact) mass is 857 g/mol. The molecule has 8 rings (SSSR count). The van der Waals surface area contributed by atoms with Crippen molar-refractivity contribution in [1.82, 2.24) is 4.98 Å². The van der Waals surface area contributed by atoms with E-state index in [0.29, 0.717) is 49.1 Å². The number of alkyl halides is 1. The van der Waals surface area contributed by atoms with Gasteiger partial charge in [0.25, 0.3) is 0 Å². The van der Waals surface area contributed by atoms with Gasteiger partial charge in [-0.1, -0.05) is 55.8 Å². The molecule has 9 atom stereocenters. The Kier molecular flexibility index (Phi) is 11.6. The Morgan fingerprint density at radius 3 is 2.35 bits per heavy atom. The predicted molar refractivity (Wildman–Crippen MR) is 232 cm³/mol. The number of hydrogen-bond acceptors (Lipinski definition) is 11. The second kappa shape index (κ2) is 16.7. The van der Waals surface area contributed by atoms with Crippen LogP contribution in [0.5, 0.6) is 0 Å². The fourth-order valence-electron chi connectivity index (χ4n) is 11.3. The number of carbonyl (C=O) groups excluding carboxylic acids is 5. The maximum absolute atomic E-state index is 17.5. The smallest absolute Gasteiger partial charge is 0.338 e. The van der Waals surface area contributed by atoms with Crippen LogP contribution < -0.4 is 11.1 Å². The van der Waals surface area contributed by atoms with E-state index in [1.54, 1.807) is 63.5 Å². The molecule has 0 spiro atoms. The van der Waals surface area contributed by atoms with Crippen LogP contribution in [0.3, 0.4) is 0 Å². The first-order valence-electron chi connectivity index (χ1n) is 21.5. The number of carbonyl (C=O) groups is 5. The lowest BCUT2D eigenvalue weighted by atomic mass is 9.44. The average Bonchev–Trinajstić information content (AvgIpc) is 3.48. The third kappa shape index (κ3) is 7.39. The van der Waals surface area contributed by atoms with Gasteiger partial charge in [-0.2, -0.15) is 0 Å². The van der Waals surface area contributed by atoms with Crippen LogP contribution in [0, 0.1) is 28.6 Å². The van der Waals surface area contributed by atoms with Gasteiger partial charge in [0.05, 0.1) is 23.1 Å². The van der Waals surface area contributed by atoms with Crippen molar-refractivity contribution in [3.8, 4) is 0 Å². The lowest BCUT2D eigenvalue weighted by molar-refractivity contribution is -0.219. The standard InChI is InChI=1S/C50H52FN3O9/c1-29-22-41-40-15-13-36-24-38(55)16-19-47(36,2)49(40,51)42(56)25-48(41,3)50(29,61)43(57)28-63-46(60)33-10-8-32(9-11-33)45(59)62-27-30-4-6-31(7-5-30)39(17-20-52)44(58)54-37-14-12-35-26-53-21-18-34(35)23-37/h4-12,14,16,18-19,21,23-24,26,29,39-42,56,61H,13,15,17,20,22,25,27-28,52H2,1-3H3,(H,54,58)/t29-,39?,40+,41+,42+,47+,48+,49+,50+/m1/s1. The summed E-state index contributed by atoms with van der Waals surface area (Å²) in [4.78, 5) is 69.7. The molecular weight excluding hydrogens is 806 g/mol. The molecule has 1 unspecified atom stereocenters. The van der Waals surface area contributed by atoms with Crippen LogP contribution in [0.1, 0.15) is 90.6 Å². The van der Waals surface area contributed by atoms with E-state index in [2.05, 4.69) is 10.3 Å². The van der Waals surface area contributed by atoms with Crippen LogP contribution in [-0.2, 0) is 30.5 Å². The van der Waals surface area contributed by atoms with Crippen LogP contribution in [0.4, 0.5) is 10.1 Å². The number of ketones is 2. The van der Waals surface area contributed by atoms with Crippen molar-refractivity contribution < 1.29 is 48.0 Å². The Morgan fingerprint density at radius 1 is 0.952 bits per heavy atom. The number of aliphatic hydroxyl groups is 2. The zero-order chi connectivity index (χ0) is 44.9. The van der Waals surface area contributed by atoms with Crippen molar-refractivity contribution in [1.29, 1.82) is 0 Å². The topological polar surface area (TPSA) is 195 Å². The minimum absolute atomic E-state index is 0.0502. The Morgan fingerprint density at radius 2 is 1.65 bits per heavy atom. The summed E-state index contributed by atoms with van der Waals surface area (Å²) in [6, 6.07) is 20.2. The van der Waals surface area contributed by atoms with E-state index in [0.717, 1.165) is 16.3 Å². The number of pyridine rings is 1. The highest BCUT2D eigenvalue weighted by atomic mass is 19.1. The highest BCUT2D eigenvalue weighted by molar-refractivity contribution is 6.01. The molecule has 4 aromatic rings. The second-order valence-corrected chi connectivity index (χ2v) is 18.1. The van der Waals surface area contributed by atoms with Gasteiger partial charge in [-0.25, -0.2) is 14.0 Å². The minimum Gasteiger partial charge on any atom is -0.457 e. The number of halogens is 1. The van der Waals surface area contributed by atoms with Gasteiger partial charge in [0.2, 0.25) is 11.7 Å². The molecule has 0 aliphatic heterocycles. The van der Waals surface area contributed by atoms with Crippen LogP contribution in [-0.4, -0.2) is 75.1 Å². The molecule has 3 fully saturated rings. The van der Waals surface area contributed by atoms with Crippen LogP contribution in [0.25, 0.3) is 10.8 Å². The molecule has 0 bridgehead atoms. The van der Waals surface area contributed by atoms with Gasteiger partial charge in [-0.3, -0.25) is 19.4 Å². The number of esters is 2. The molecule has 1 heterocycles. The number of Topliss-reactive ketones (excluding diaryl/α,β-unsaturated/α-hetero) is 1. The zero-order valence-corrected chi connectivity index (χ0v) is 35.5. The quantitative estimate of drug-likeness (QED) is 0.110. The lowest BCUT2D eigenvalue weighted by Crippen LogP contribution is -2.69. The molecule has 13 heteroatoms. The number of nitrogens with one attached hydrogen (secondary N) is 1. The predicted octanol–water partition coefficient (Wildman–Crippen LogP) is 6.74. The number of anilines is 1. The molecule has 63 heavy (non-hydrogen) atoms. The van der Waals surface area contributed by atoms with Crippen molar-refractivity contribution >= 4 is 45.9 Å². The van der Waals surface area contributed by atoms with E-state index in [1.807, 2.05) is 24.3 Å². The molecule has 328 valence electrons. The van der Waals surface area contributed by atoms with Gasteiger partial charge in [-0.05, 0) is 129 Å². The number of benzene rings is 3. The number of rotatable bonds is 12. The van der Waals surface area contributed by atoms with E-state index in [-0.39, 0.29) is 35.8 Å². The Balaban J connectivity index is 0.854. The van der Waals surface area contributed by atoms with Crippen molar-refractivity contribution in [3.05, 3.63) is 131 Å². The number of aromatic nitrogens is 1. The Hall–Kier alpha value is -5.89. The molecule has 1 aromatic heterocycles. The normalized spacial score (nSPS) is 30.0. The molecule has 4 aliphatic carbocycles. The molecular formula is C50H52FN3O9. The highest BCUT2D eigenvalue weighted by Crippen LogP contribution is 2.70. The largest absolute Gasteiger partial charge is 0.457 e. The van der Waals surface area contributed by atoms with E-state index in [9.17, 15) is 34.2 Å². The summed E-state index contributed by atoms with van der Waals surface area (Å²) in [5, 5.41) is 28.8. The molecule has 1 amide bonds. The number of ether oxygens (including phenoxy) is 2. The highest BCUT2D eigenvalue weighted by Gasteiger charge is 2.75. The summed E-state index contributed by atoms with van der Waals surface area (Å²) >= 11 is 0. The number of amides is 1. The van der Waals surface area contributed by atoms with Gasteiger partial charge in [0, 0.05) is 40.2 Å². The van der Waals surface area contributed by atoms with Crippen molar-refractivity contribution in [2.75, 3.05) is 18.5 Å². The number of nitrogens with two attached hydrogens (primary N) is 1. The molecule has 3 aromatic carbocycles. The van der Waals surface area contributed by atoms with E-state index >= 15 is 4.39 Å². The first-order valence-corrected chi connectivity index (χ1v) is 21.5. The molecule has 3 saturated carbocycles. The number of allylic oxidation sites excluding steroid dienone is 4. The van der Waals surface area contributed by atoms with Crippen molar-refractivity contribution in [2.45, 2.75) is 82.8 Å². The molecule has 5 N–H and O–H groups in total. The first kappa shape index (κ1) is 43.7. The summed E-state index contributed by atoms with van der Waals surface area (Å²) in [6.45, 7) is 4.66. The minimum atomic E-state index is -2.11. The van der Waals surface area contributed by atoms with E-state index in [4.69, 9.17) is 15.2 Å². The number of aliphatic hydroxyl groups excluding tert-OH is 1. The number of nitrogens with zero attached hydrogens (tertiary/aromatic N) is 1. The summed E-state index contributed by atoms with van der Waals surface area (Å²) in [6.07, 6.45) is 7.65. The Bertz CT molecular complexity index is 2540. The van der Waals surface area contributed by atoms with Gasteiger partial charge in [0.1, 0.15) is 12.2 Å². The van der Waals surface area contributed by atoms with E-state index in [1.165, 1.54) is 36.4 Å². The van der Waals surface area contributed by atoms with Gasteiger partial charge < -0.3 is 30.7 Å². The maximum Gasteiger partial charge on any atom is 0.338 e. The van der Waals surface area contributed by atoms with Gasteiger partial charge in [-0.15, -0.1) is 0 Å². The van der Waals surface area contributed by atoms with Crippen LogP contribution in [0.15, 0.2) is 109 Å². The average molecular weight is 858 g/mol. The summed E-state index contributed by atoms with van der Waals surface area (Å²) in [5.41, 5.74) is 2.31. The molecule has 0 radical (unpaired) electrons. The fourth-order valence-corrected chi connectivity index (χ4v) is 11.3. The second-order valence-electron chi connectivity index (χ2n) is 18.1. The zero-order valence-electron chi connectivity index (χ0n) is 35.5. The lowest BCUT2D eigenvalue weighted by Gasteiger charge is -2.62. The summed E-state index contributed by atoms with van der Waals surface area (Å²) in [7, 11) is 0. The fraction of sp³-hybridized carbons (Fsp3) is 0.400. The molecule has 0 saturated heterocycles. The van der Waals surface area contributed by atoms with Crippen LogP contribution in [0.2, 0.25) is 0 Å². The third-order valence-corrected chi connectivity index (χ3v) is 14.8. The van der Waals surface area contributed by atoms with E-state index < -0.39 is 76.2 Å².